The maximum Gasteiger partial charge on any atom is 0.324 e. The average molecular weight is 279 g/mol. The summed E-state index contributed by atoms with van der Waals surface area (Å²) in [6, 6.07) is 5.29. The van der Waals surface area contributed by atoms with Crippen molar-refractivity contribution < 1.29 is 19.2 Å². The Hall–Kier alpha value is -2.64. The molecule has 1 aliphatic rings. The fourth-order valence-electron chi connectivity index (χ4n) is 1.85. The van der Waals surface area contributed by atoms with Gasteiger partial charge in [0.2, 0.25) is 0 Å². The second-order valence-electron chi connectivity index (χ2n) is 4.21. The molecule has 1 aromatic rings. The van der Waals surface area contributed by atoms with Crippen LogP contribution in [0.1, 0.15) is 6.92 Å². The van der Waals surface area contributed by atoms with Gasteiger partial charge in [-0.3, -0.25) is 19.8 Å². The molecule has 0 radical (unpaired) electrons. The average Bonchev–Trinajstić information content (AvgIpc) is 2.84. The number of nitro groups is 1. The van der Waals surface area contributed by atoms with Crippen molar-refractivity contribution >= 4 is 17.6 Å². The van der Waals surface area contributed by atoms with Gasteiger partial charge in [-0.1, -0.05) is 12.1 Å². The highest BCUT2D eigenvalue weighted by Gasteiger charge is 2.31. The van der Waals surface area contributed by atoms with Gasteiger partial charge in [0.15, 0.2) is 11.9 Å². The number of carbonyl (C=O) groups is 2. The summed E-state index contributed by atoms with van der Waals surface area (Å²) in [6.45, 7) is 2.11. The van der Waals surface area contributed by atoms with E-state index in [1.165, 1.54) is 25.1 Å². The van der Waals surface area contributed by atoms with Crippen LogP contribution in [0, 0.1) is 10.1 Å². The molecule has 1 aliphatic heterocycles. The number of nitrogens with one attached hydrogen (secondary N) is 1. The molecule has 0 bridgehead atoms. The van der Waals surface area contributed by atoms with E-state index in [1.54, 1.807) is 6.07 Å². The van der Waals surface area contributed by atoms with Gasteiger partial charge in [-0.2, -0.15) is 0 Å². The van der Waals surface area contributed by atoms with Crippen LogP contribution in [0.3, 0.4) is 0 Å². The van der Waals surface area contributed by atoms with Gasteiger partial charge in [0, 0.05) is 19.2 Å². The molecule has 1 heterocycles. The highest BCUT2D eigenvalue weighted by atomic mass is 16.6. The van der Waals surface area contributed by atoms with E-state index in [2.05, 4.69) is 5.32 Å². The van der Waals surface area contributed by atoms with Crippen molar-refractivity contribution in [3.05, 3.63) is 34.4 Å². The second kappa shape index (κ2) is 5.55. The lowest BCUT2D eigenvalue weighted by Crippen LogP contribution is -2.42. The van der Waals surface area contributed by atoms with Crippen molar-refractivity contribution in [3.8, 4) is 5.75 Å². The molecule has 2 rings (SSSR count). The van der Waals surface area contributed by atoms with Crippen LogP contribution in [0.5, 0.6) is 5.75 Å². The maximum absolute atomic E-state index is 12.0. The molecule has 106 valence electrons. The number of rotatable bonds is 4. The molecule has 8 nitrogen and oxygen atoms in total. The van der Waals surface area contributed by atoms with Crippen molar-refractivity contribution in [1.29, 1.82) is 0 Å². The van der Waals surface area contributed by atoms with Crippen LogP contribution in [0.25, 0.3) is 0 Å². The van der Waals surface area contributed by atoms with Crippen molar-refractivity contribution in [1.82, 2.24) is 10.2 Å². The maximum atomic E-state index is 12.0. The van der Waals surface area contributed by atoms with Crippen LogP contribution in [0.4, 0.5) is 10.5 Å². The van der Waals surface area contributed by atoms with E-state index in [0.717, 1.165) is 4.90 Å². The summed E-state index contributed by atoms with van der Waals surface area (Å²) in [5.41, 5.74) is -0.224. The Labute approximate surface area is 114 Å². The molecule has 1 saturated heterocycles. The number of amides is 3. The van der Waals surface area contributed by atoms with Crippen molar-refractivity contribution in [2.45, 2.75) is 13.0 Å². The standard InChI is InChI=1S/C12H13N3O5/c1-8(11(16)14-7-6-13-12(14)17)20-10-5-3-2-4-9(10)15(18)19/h2-5,8H,6-7H2,1H3,(H,13,17). The molecule has 0 aliphatic carbocycles. The van der Waals surface area contributed by atoms with Crippen molar-refractivity contribution in [2.75, 3.05) is 13.1 Å². The molecule has 8 heteroatoms. The number of hydrogen-bond acceptors (Lipinski definition) is 5. The van der Waals surface area contributed by atoms with Gasteiger partial charge < -0.3 is 10.1 Å². The zero-order valence-corrected chi connectivity index (χ0v) is 10.7. The second-order valence-corrected chi connectivity index (χ2v) is 4.21. The molecule has 0 aromatic heterocycles. The molecule has 1 fully saturated rings. The number of benzene rings is 1. The van der Waals surface area contributed by atoms with Crippen LogP contribution in [0.2, 0.25) is 0 Å². The lowest BCUT2D eigenvalue weighted by atomic mass is 10.3. The Morgan fingerprint density at radius 3 is 2.80 bits per heavy atom. The van der Waals surface area contributed by atoms with Crippen LogP contribution in [0.15, 0.2) is 24.3 Å². The minimum atomic E-state index is -0.986. The summed E-state index contributed by atoms with van der Waals surface area (Å²) in [6.07, 6.45) is -0.986. The largest absolute Gasteiger partial charge is 0.474 e. The summed E-state index contributed by atoms with van der Waals surface area (Å²) >= 11 is 0. The first-order valence-electron chi connectivity index (χ1n) is 6.00. The number of hydrogen-bond donors (Lipinski definition) is 1. The van der Waals surface area contributed by atoms with E-state index in [4.69, 9.17) is 4.74 Å². The number of urea groups is 1. The normalized spacial score (nSPS) is 15.7. The number of nitrogens with zero attached hydrogens (tertiary/aromatic N) is 2. The third kappa shape index (κ3) is 2.68. The van der Waals surface area contributed by atoms with Gasteiger partial charge in [0.05, 0.1) is 4.92 Å². The molecule has 20 heavy (non-hydrogen) atoms. The van der Waals surface area contributed by atoms with E-state index in [9.17, 15) is 19.7 Å². The fraction of sp³-hybridized carbons (Fsp3) is 0.333. The highest BCUT2D eigenvalue weighted by molar-refractivity contribution is 5.97. The van der Waals surface area contributed by atoms with Crippen LogP contribution in [-0.4, -0.2) is 41.0 Å². The van der Waals surface area contributed by atoms with Crippen molar-refractivity contribution in [3.63, 3.8) is 0 Å². The minimum Gasteiger partial charge on any atom is -0.474 e. The molecule has 0 saturated carbocycles. The third-order valence-corrected chi connectivity index (χ3v) is 2.84. The Morgan fingerprint density at radius 1 is 1.50 bits per heavy atom. The smallest absolute Gasteiger partial charge is 0.324 e. The van der Waals surface area contributed by atoms with Gasteiger partial charge >= 0.3 is 11.7 Å². The molecule has 1 atom stereocenters. The molecule has 1 N–H and O–H groups in total. The molecule has 1 unspecified atom stereocenters. The van der Waals surface area contributed by atoms with E-state index >= 15 is 0 Å². The van der Waals surface area contributed by atoms with Gasteiger partial charge in [0.25, 0.3) is 5.91 Å². The summed E-state index contributed by atoms with van der Waals surface area (Å²) < 4.78 is 5.32. The Bertz CT molecular complexity index is 560. The van der Waals surface area contributed by atoms with Gasteiger partial charge in [-0.25, -0.2) is 4.79 Å². The van der Waals surface area contributed by atoms with Crippen LogP contribution >= 0.6 is 0 Å². The first kappa shape index (κ1) is 13.8. The minimum absolute atomic E-state index is 0.00189. The number of ether oxygens (including phenoxy) is 1. The first-order valence-corrected chi connectivity index (χ1v) is 6.00. The molecule has 0 spiro atoms. The number of imide groups is 1. The third-order valence-electron chi connectivity index (χ3n) is 2.84. The quantitative estimate of drug-likeness (QED) is 0.652. The summed E-state index contributed by atoms with van der Waals surface area (Å²) in [7, 11) is 0. The monoisotopic (exact) mass is 279 g/mol. The Morgan fingerprint density at radius 2 is 2.20 bits per heavy atom. The van der Waals surface area contributed by atoms with Crippen LogP contribution < -0.4 is 10.1 Å². The molecular formula is C12H13N3O5. The van der Waals surface area contributed by atoms with Crippen LogP contribution in [-0.2, 0) is 4.79 Å². The SMILES string of the molecule is CC(Oc1ccccc1[N+](=O)[O-])C(=O)N1CCNC1=O. The zero-order valence-electron chi connectivity index (χ0n) is 10.7. The number of carbonyl (C=O) groups excluding carboxylic acids is 2. The first-order chi connectivity index (χ1) is 9.50. The van der Waals surface area contributed by atoms with E-state index in [-0.39, 0.29) is 18.0 Å². The molecule has 1 aromatic carbocycles. The summed E-state index contributed by atoms with van der Waals surface area (Å²) in [5.74, 6) is -0.531. The molecular weight excluding hydrogens is 266 g/mol. The van der Waals surface area contributed by atoms with Crippen molar-refractivity contribution in [2.24, 2.45) is 0 Å². The van der Waals surface area contributed by atoms with Gasteiger partial charge in [-0.05, 0) is 13.0 Å². The fourth-order valence-corrected chi connectivity index (χ4v) is 1.85. The number of para-hydroxylation sites is 2. The van der Waals surface area contributed by atoms with E-state index < -0.39 is 23.0 Å². The predicted octanol–water partition coefficient (Wildman–Crippen LogP) is 0.914. The zero-order chi connectivity index (χ0) is 14.7. The highest BCUT2D eigenvalue weighted by Crippen LogP contribution is 2.27. The predicted molar refractivity (Wildman–Crippen MR) is 68.3 cm³/mol. The van der Waals surface area contributed by atoms with E-state index in [0.29, 0.717) is 6.54 Å². The topological polar surface area (TPSA) is 102 Å². The van der Waals surface area contributed by atoms with E-state index in [1.807, 2.05) is 0 Å². The molecule has 3 amide bonds. The Balaban J connectivity index is 2.12. The lowest BCUT2D eigenvalue weighted by Gasteiger charge is -2.18. The van der Waals surface area contributed by atoms with Gasteiger partial charge in [0.1, 0.15) is 0 Å². The number of nitro benzene ring substituents is 1. The van der Waals surface area contributed by atoms with Gasteiger partial charge in [-0.15, -0.1) is 0 Å². The lowest BCUT2D eigenvalue weighted by molar-refractivity contribution is -0.386. The summed E-state index contributed by atoms with van der Waals surface area (Å²) in [4.78, 5) is 34.7. The summed E-state index contributed by atoms with van der Waals surface area (Å²) in [5, 5.41) is 13.3. The Kier molecular flexibility index (Phi) is 3.83.